The number of hydrogen-bond acceptors (Lipinski definition) is 1. The fraction of sp³-hybridized carbons (Fsp3) is 0.867. The van der Waals surface area contributed by atoms with Crippen LogP contribution in [-0.2, 0) is 4.74 Å². The van der Waals surface area contributed by atoms with E-state index < -0.39 is 0 Å². The van der Waals surface area contributed by atoms with Gasteiger partial charge in [-0.2, -0.15) is 0 Å². The Hall–Kier alpha value is 0.430. The number of alkyl halides is 1. The van der Waals surface area contributed by atoms with Crippen molar-refractivity contribution in [3.05, 3.63) is 11.6 Å². The summed E-state index contributed by atoms with van der Waals surface area (Å²) in [6.45, 7) is 8.34. The van der Waals surface area contributed by atoms with Crippen LogP contribution < -0.4 is 0 Å². The first kappa shape index (κ1) is 12.5. The minimum atomic E-state index is 0.101. The second-order valence-electron chi connectivity index (χ2n) is 6.95. The van der Waals surface area contributed by atoms with Crippen LogP contribution in [0.4, 0.5) is 0 Å². The van der Waals surface area contributed by atoms with Crippen molar-refractivity contribution in [1.29, 1.82) is 0 Å². The molecule has 0 aromatic rings. The van der Waals surface area contributed by atoms with Crippen LogP contribution in [0, 0.1) is 16.7 Å². The maximum Gasteiger partial charge on any atom is 0.126 e. The Labute approximate surface area is 119 Å². The lowest BCUT2D eigenvalue weighted by Crippen LogP contribution is -2.48. The summed E-state index contributed by atoms with van der Waals surface area (Å²) in [4.78, 5) is 0. The fourth-order valence-corrected chi connectivity index (χ4v) is 6.15. The van der Waals surface area contributed by atoms with Crippen molar-refractivity contribution in [3.8, 4) is 0 Å². The second kappa shape index (κ2) is 3.72. The normalized spacial score (nSPS) is 48.2. The lowest BCUT2D eigenvalue weighted by Gasteiger charge is -2.54. The van der Waals surface area contributed by atoms with Crippen LogP contribution in [0.25, 0.3) is 0 Å². The van der Waals surface area contributed by atoms with E-state index in [1.54, 1.807) is 5.57 Å². The molecule has 1 saturated heterocycles. The maximum absolute atomic E-state index is 6.07. The Balaban J connectivity index is 2.07. The molecule has 1 heterocycles. The fourth-order valence-electron chi connectivity index (χ4n) is 4.71. The smallest absolute Gasteiger partial charge is 0.126 e. The molecule has 2 aliphatic carbocycles. The summed E-state index contributed by atoms with van der Waals surface area (Å²) < 4.78 is 6.17. The first-order valence-electron chi connectivity index (χ1n) is 6.92. The molecular formula is C15H23IO. The number of rotatable bonds is 0. The van der Waals surface area contributed by atoms with Crippen molar-refractivity contribution < 1.29 is 4.74 Å². The van der Waals surface area contributed by atoms with E-state index >= 15 is 0 Å². The molecule has 1 nitrogen and oxygen atoms in total. The molecule has 2 fully saturated rings. The van der Waals surface area contributed by atoms with Gasteiger partial charge in [0.1, 0.15) is 3.61 Å². The third kappa shape index (κ3) is 1.66. The largest absolute Gasteiger partial charge is 0.364 e. The van der Waals surface area contributed by atoms with Gasteiger partial charge in [0.2, 0.25) is 0 Å². The van der Waals surface area contributed by atoms with E-state index in [9.17, 15) is 0 Å². The highest BCUT2D eigenvalue weighted by Crippen LogP contribution is 2.64. The molecule has 0 N–H and O–H groups in total. The maximum atomic E-state index is 6.07. The van der Waals surface area contributed by atoms with E-state index in [1.165, 1.54) is 25.7 Å². The Morgan fingerprint density at radius 2 is 2.06 bits per heavy atom. The summed E-state index contributed by atoms with van der Waals surface area (Å²) in [7, 11) is 0. The molecule has 0 spiro atoms. The quantitative estimate of drug-likeness (QED) is 0.351. The highest BCUT2D eigenvalue weighted by molar-refractivity contribution is 14.1. The summed E-state index contributed by atoms with van der Waals surface area (Å²) in [5, 5.41) is 0. The van der Waals surface area contributed by atoms with E-state index in [1.807, 2.05) is 0 Å². The molecule has 0 amide bonds. The van der Waals surface area contributed by atoms with Gasteiger partial charge >= 0.3 is 0 Å². The van der Waals surface area contributed by atoms with Crippen LogP contribution in [-0.4, -0.2) is 10.2 Å². The van der Waals surface area contributed by atoms with E-state index in [-0.39, 0.29) is 3.61 Å². The summed E-state index contributed by atoms with van der Waals surface area (Å²) in [5.74, 6) is 0.732. The molecule has 0 aromatic carbocycles. The molecule has 0 bridgehead atoms. The van der Waals surface area contributed by atoms with Crippen LogP contribution in [0.15, 0.2) is 11.6 Å². The Kier molecular flexibility index (Phi) is 2.73. The minimum Gasteiger partial charge on any atom is -0.364 e. The van der Waals surface area contributed by atoms with Crippen LogP contribution in [0.1, 0.15) is 52.9 Å². The van der Waals surface area contributed by atoms with Crippen molar-refractivity contribution in [2.75, 3.05) is 6.61 Å². The minimum absolute atomic E-state index is 0.101. The monoisotopic (exact) mass is 346 g/mol. The van der Waals surface area contributed by atoms with Gasteiger partial charge in [-0.05, 0) is 52.7 Å². The van der Waals surface area contributed by atoms with Crippen molar-refractivity contribution >= 4 is 22.6 Å². The van der Waals surface area contributed by atoms with E-state index in [0.717, 1.165) is 18.9 Å². The molecular weight excluding hydrogens is 323 g/mol. The third-order valence-electron chi connectivity index (χ3n) is 5.46. The molecule has 2 heteroatoms. The molecule has 1 saturated carbocycles. The van der Waals surface area contributed by atoms with Crippen molar-refractivity contribution in [2.24, 2.45) is 16.7 Å². The van der Waals surface area contributed by atoms with E-state index in [2.05, 4.69) is 49.4 Å². The SMILES string of the molecule is CC1(C)CCC[C@@]2(C)C1=CC[C@]1(I)OCC[C@H]21. The Bertz CT molecular complexity index is 373. The summed E-state index contributed by atoms with van der Waals surface area (Å²) in [5.41, 5.74) is 2.55. The predicted molar refractivity (Wildman–Crippen MR) is 79.2 cm³/mol. The molecule has 0 aromatic heterocycles. The lowest BCUT2D eigenvalue weighted by molar-refractivity contribution is 0.0137. The highest BCUT2D eigenvalue weighted by Gasteiger charge is 2.57. The number of ether oxygens (including phenoxy) is 1. The number of fused-ring (bicyclic) bond motifs is 3. The van der Waals surface area contributed by atoms with Crippen LogP contribution in [0.3, 0.4) is 0 Å². The summed E-state index contributed by atoms with van der Waals surface area (Å²) >= 11 is 2.59. The van der Waals surface area contributed by atoms with Crippen LogP contribution in [0.5, 0.6) is 0 Å². The third-order valence-corrected chi connectivity index (χ3v) is 6.97. The van der Waals surface area contributed by atoms with E-state index in [0.29, 0.717) is 10.8 Å². The van der Waals surface area contributed by atoms with Gasteiger partial charge in [0, 0.05) is 18.9 Å². The van der Waals surface area contributed by atoms with Gasteiger partial charge in [0.05, 0.1) is 0 Å². The van der Waals surface area contributed by atoms with E-state index in [4.69, 9.17) is 4.74 Å². The highest BCUT2D eigenvalue weighted by atomic mass is 127. The van der Waals surface area contributed by atoms with Gasteiger partial charge < -0.3 is 4.74 Å². The molecule has 96 valence electrons. The predicted octanol–water partition coefficient (Wildman–Crippen LogP) is 4.70. The summed E-state index contributed by atoms with van der Waals surface area (Å²) in [6, 6.07) is 0. The number of hydrogen-bond donors (Lipinski definition) is 0. The average Bonchev–Trinajstić information content (AvgIpc) is 2.60. The van der Waals surface area contributed by atoms with Gasteiger partial charge in [-0.25, -0.2) is 0 Å². The molecule has 0 radical (unpaired) electrons. The van der Waals surface area contributed by atoms with Gasteiger partial charge in [-0.15, -0.1) is 0 Å². The first-order chi connectivity index (χ1) is 7.89. The second-order valence-corrected chi connectivity index (χ2v) is 8.78. The number of allylic oxidation sites excluding steroid dienone is 1. The zero-order valence-corrected chi connectivity index (χ0v) is 13.3. The number of halogens is 1. The van der Waals surface area contributed by atoms with Gasteiger partial charge in [-0.1, -0.05) is 38.8 Å². The molecule has 1 aliphatic heterocycles. The summed E-state index contributed by atoms with van der Waals surface area (Å²) in [6.07, 6.45) is 8.99. The Morgan fingerprint density at radius 1 is 1.29 bits per heavy atom. The van der Waals surface area contributed by atoms with Crippen molar-refractivity contribution in [1.82, 2.24) is 0 Å². The lowest BCUT2D eigenvalue weighted by atomic mass is 9.52. The van der Waals surface area contributed by atoms with Crippen molar-refractivity contribution in [3.63, 3.8) is 0 Å². The standard InChI is InChI=1S/C15H23IO/c1-13(2)7-4-8-14(3)11(13)5-9-15(16)12(14)6-10-17-15/h5,12H,4,6-10H2,1-3H3/t12-,14+,15+/m1/s1. The van der Waals surface area contributed by atoms with Crippen molar-refractivity contribution in [2.45, 2.75) is 56.5 Å². The van der Waals surface area contributed by atoms with Gasteiger partial charge in [0.25, 0.3) is 0 Å². The van der Waals surface area contributed by atoms with Gasteiger partial charge in [0.15, 0.2) is 0 Å². The first-order valence-corrected chi connectivity index (χ1v) is 8.00. The van der Waals surface area contributed by atoms with Gasteiger partial charge in [-0.3, -0.25) is 0 Å². The average molecular weight is 346 g/mol. The van der Waals surface area contributed by atoms with Crippen LogP contribution in [0.2, 0.25) is 0 Å². The Morgan fingerprint density at radius 3 is 2.82 bits per heavy atom. The zero-order valence-electron chi connectivity index (χ0n) is 11.2. The molecule has 3 atom stereocenters. The molecule has 3 aliphatic rings. The van der Waals surface area contributed by atoms with Crippen LogP contribution >= 0.6 is 22.6 Å². The molecule has 3 rings (SSSR count). The topological polar surface area (TPSA) is 9.23 Å². The molecule has 0 unspecified atom stereocenters. The zero-order chi connectivity index (χ0) is 12.3. The molecule has 17 heavy (non-hydrogen) atoms.